The van der Waals surface area contributed by atoms with E-state index in [0.29, 0.717) is 17.4 Å². The van der Waals surface area contributed by atoms with Crippen molar-refractivity contribution in [2.24, 2.45) is 10.8 Å². The molecule has 2 aliphatic heterocycles. The number of hydrogen-bond acceptors (Lipinski definition) is 5. The lowest BCUT2D eigenvalue weighted by molar-refractivity contribution is -0.112. The first kappa shape index (κ1) is 49.8. The molecule has 9 unspecified atom stereocenters. The fraction of sp³-hybridized carbons (Fsp3) is 0.750. The Morgan fingerprint density at radius 1 is 0.809 bits per heavy atom. The summed E-state index contributed by atoms with van der Waals surface area (Å²) in [7, 11) is 22.5. The monoisotopic (exact) mass is 912 g/mol. The summed E-state index contributed by atoms with van der Waals surface area (Å²) < 4.78 is 25.7. The molecule has 2 aliphatic rings. The van der Waals surface area contributed by atoms with Gasteiger partial charge in [-0.05, 0) is 95.0 Å². The molecule has 2 rings (SSSR count). The van der Waals surface area contributed by atoms with Crippen molar-refractivity contribution >= 4 is 120 Å². The summed E-state index contributed by atoms with van der Waals surface area (Å²) in [5.41, 5.74) is 3.00. The van der Waals surface area contributed by atoms with Crippen molar-refractivity contribution in [3.63, 3.8) is 0 Å². The van der Waals surface area contributed by atoms with E-state index >= 15 is 0 Å². The SMILES string of the molecule is C=C1C[C@H](C(COP(P(P)P)P(P)P)OP(P(P)P)P(P)P)O[C@H]1CCC(C)(C)C.C=C1C[C@H](C=CC(C)=O)O[C@H]1CCC(C)(C)C. The lowest BCUT2D eigenvalue weighted by atomic mass is 9.88. The zero-order valence-corrected chi connectivity index (χ0v) is 43.9. The molecule has 0 spiro atoms. The molecule has 0 aliphatic carbocycles. The lowest BCUT2D eigenvalue weighted by Crippen LogP contribution is -2.31. The summed E-state index contributed by atoms with van der Waals surface area (Å²) in [4.78, 5) is 10.9. The highest BCUT2D eigenvalue weighted by molar-refractivity contribution is 8.96. The Morgan fingerprint density at radius 2 is 1.26 bits per heavy atom. The van der Waals surface area contributed by atoms with Gasteiger partial charge in [-0.2, -0.15) is 0 Å². The van der Waals surface area contributed by atoms with Crippen LogP contribution in [-0.2, 0) is 23.3 Å². The van der Waals surface area contributed by atoms with Gasteiger partial charge in [0, 0.05) is 6.42 Å². The highest BCUT2D eigenvalue weighted by Gasteiger charge is 2.38. The van der Waals surface area contributed by atoms with Gasteiger partial charge in [0.15, 0.2) is 5.78 Å². The summed E-state index contributed by atoms with van der Waals surface area (Å²) in [5.74, 6) is 0.0670. The highest BCUT2D eigenvalue weighted by atomic mass is 33.0. The maximum atomic E-state index is 10.9. The Hall–Kier alpha value is 4.75. The third kappa shape index (κ3) is 21.6. The molecule has 0 radical (unpaired) electrons. The molecular formula is C28H62O5P14. The van der Waals surface area contributed by atoms with Crippen LogP contribution >= 0.6 is 114 Å². The van der Waals surface area contributed by atoms with E-state index in [9.17, 15) is 4.79 Å². The molecule has 2 saturated heterocycles. The Morgan fingerprint density at radius 3 is 1.68 bits per heavy atom. The molecule has 0 aromatic rings. The maximum Gasteiger partial charge on any atom is 0.152 e. The van der Waals surface area contributed by atoms with Crippen LogP contribution in [0.1, 0.15) is 87.0 Å². The molecule has 274 valence electrons. The van der Waals surface area contributed by atoms with E-state index in [4.69, 9.17) is 18.5 Å². The molecule has 0 aromatic heterocycles. The number of carbonyl (C=O) groups is 1. The molecule has 0 aromatic carbocycles. The predicted octanol–water partition coefficient (Wildman–Crippen LogP) is 14.3. The van der Waals surface area contributed by atoms with Gasteiger partial charge < -0.3 is 18.5 Å². The summed E-state index contributed by atoms with van der Waals surface area (Å²) in [5, 5.41) is 0. The summed E-state index contributed by atoms with van der Waals surface area (Å²) in [6.45, 7) is 22.9. The quantitative estimate of drug-likeness (QED) is 0.0877. The van der Waals surface area contributed by atoms with Crippen molar-refractivity contribution in [2.75, 3.05) is 6.61 Å². The van der Waals surface area contributed by atoms with Gasteiger partial charge in [0.1, 0.15) is 6.10 Å². The van der Waals surface area contributed by atoms with Crippen molar-refractivity contribution in [3.8, 4) is 0 Å². The van der Waals surface area contributed by atoms with Crippen LogP contribution in [0, 0.1) is 10.8 Å². The molecule has 0 amide bonds. The Labute approximate surface area is 313 Å². The van der Waals surface area contributed by atoms with Crippen molar-refractivity contribution in [1.29, 1.82) is 0 Å². The number of ether oxygens (including phenoxy) is 2. The van der Waals surface area contributed by atoms with E-state index in [1.165, 1.54) is 5.57 Å². The number of rotatable bonds is 16. The first-order chi connectivity index (χ1) is 21.5. The van der Waals surface area contributed by atoms with Crippen LogP contribution in [-0.4, -0.2) is 42.9 Å². The second kappa shape index (κ2) is 24.4. The highest BCUT2D eigenvalue weighted by Crippen LogP contribution is 2.99. The third-order valence-electron chi connectivity index (χ3n) is 7.16. The normalized spacial score (nSPS) is 23.3. The van der Waals surface area contributed by atoms with Crippen molar-refractivity contribution < 1.29 is 23.3 Å². The smallest absolute Gasteiger partial charge is 0.152 e. The second-order valence-corrected chi connectivity index (χ2v) is 61.4. The van der Waals surface area contributed by atoms with E-state index in [0.717, 1.165) is 44.1 Å². The van der Waals surface area contributed by atoms with Crippen LogP contribution in [0.2, 0.25) is 0 Å². The van der Waals surface area contributed by atoms with E-state index in [1.54, 1.807) is 13.0 Å². The number of ketones is 1. The topological polar surface area (TPSA) is 54.0 Å². The largest absolute Gasteiger partial charge is 0.368 e. The fourth-order valence-corrected chi connectivity index (χ4v) is 70.5. The first-order valence-corrected chi connectivity index (χ1v) is 39.1. The zero-order valence-electron chi connectivity index (χ0n) is 29.2. The molecule has 0 saturated carbocycles. The van der Waals surface area contributed by atoms with Gasteiger partial charge in [-0.25, -0.2) is 0 Å². The molecular weight excluding hydrogens is 850 g/mol. The number of hydrogen-bond donors (Lipinski definition) is 0. The van der Waals surface area contributed by atoms with Crippen LogP contribution in [0.25, 0.3) is 0 Å². The van der Waals surface area contributed by atoms with E-state index in [1.807, 2.05) is 6.08 Å². The molecule has 0 bridgehead atoms. The summed E-state index contributed by atoms with van der Waals surface area (Å²) in [6.07, 6.45) is 9.77. The van der Waals surface area contributed by atoms with Gasteiger partial charge >= 0.3 is 0 Å². The summed E-state index contributed by atoms with van der Waals surface area (Å²) in [6, 6.07) is 0. The van der Waals surface area contributed by atoms with Crippen LogP contribution < -0.4 is 0 Å². The number of carbonyl (C=O) groups excluding carboxylic acids is 1. The van der Waals surface area contributed by atoms with Crippen LogP contribution in [0.3, 0.4) is 0 Å². The van der Waals surface area contributed by atoms with Crippen molar-refractivity contribution in [3.05, 3.63) is 36.5 Å². The third-order valence-corrected chi connectivity index (χ3v) is 52.1. The first-order valence-electron chi connectivity index (χ1n) is 15.4. The molecule has 13 atom stereocenters. The van der Waals surface area contributed by atoms with Crippen LogP contribution in [0.5, 0.6) is 0 Å². The van der Waals surface area contributed by atoms with Gasteiger partial charge in [-0.3, -0.25) is 4.79 Å². The Kier molecular flexibility index (Phi) is 25.8. The zero-order chi connectivity index (χ0) is 36.3. The summed E-state index contributed by atoms with van der Waals surface area (Å²) >= 11 is 0. The van der Waals surface area contributed by atoms with Gasteiger partial charge in [0.25, 0.3) is 0 Å². The lowest BCUT2D eigenvalue weighted by Gasteiger charge is -2.33. The second-order valence-electron chi connectivity index (χ2n) is 14.2. The molecule has 5 nitrogen and oxygen atoms in total. The Bertz CT molecular complexity index is 999. The minimum absolute atomic E-state index is 0.0275. The van der Waals surface area contributed by atoms with E-state index < -0.39 is 15.1 Å². The maximum absolute atomic E-state index is 10.9. The van der Waals surface area contributed by atoms with Gasteiger partial charge in [-0.1, -0.05) is 60.8 Å². The molecule has 2 fully saturated rings. The van der Waals surface area contributed by atoms with Gasteiger partial charge in [0.05, 0.1) is 46.1 Å². The minimum Gasteiger partial charge on any atom is -0.368 e. The molecule has 19 heteroatoms. The number of allylic oxidation sites excluding steroid dienone is 1. The minimum atomic E-state index is -0.562. The van der Waals surface area contributed by atoms with E-state index in [2.05, 4.69) is 126 Å². The van der Waals surface area contributed by atoms with E-state index in [-0.39, 0.29) is 64.3 Å². The molecule has 0 N–H and O–H groups in total. The Balaban J connectivity index is 0.000000548. The van der Waals surface area contributed by atoms with Gasteiger partial charge in [-0.15, -0.1) is 71.4 Å². The van der Waals surface area contributed by atoms with Crippen molar-refractivity contribution in [1.82, 2.24) is 0 Å². The van der Waals surface area contributed by atoms with Crippen LogP contribution in [0.15, 0.2) is 36.5 Å². The molecule has 2 heterocycles. The molecule has 47 heavy (non-hydrogen) atoms. The average molecular weight is 912 g/mol. The average Bonchev–Trinajstić information content (AvgIpc) is 3.46. The van der Waals surface area contributed by atoms with Crippen LogP contribution in [0.4, 0.5) is 0 Å². The predicted molar refractivity (Wildman–Crippen MR) is 252 cm³/mol. The fourth-order valence-electron chi connectivity index (χ4n) is 4.69. The van der Waals surface area contributed by atoms with Crippen molar-refractivity contribution in [2.45, 2.75) is 118 Å². The van der Waals surface area contributed by atoms with Gasteiger partial charge in [0.2, 0.25) is 0 Å². The standard InChI is InChI=1S/C15H24O2.C13H38O3P14/c1-11-10-13(7-6-12(2)16)17-14(11)8-9-15(3,4)5;1-9-7-11(15-10(9)5-6-13(2,3)4)12(16-26(29(21)22)30(23)24)8-14-25(27(17)18)28(19)20/h6-7,13-14H,1,8-10H2,2-5H3;10-12H,1,5-8,17-24H2,2-4H3/t13-,14-;10-,11+,12?/m00/s1.